The largest absolute Gasteiger partial charge is 3.00 e. The summed E-state index contributed by atoms with van der Waals surface area (Å²) in [7, 11) is 0. The minimum atomic E-state index is -0.874. The minimum absolute atomic E-state index is 0. The maximum absolute atomic E-state index is 10.9. The van der Waals surface area contributed by atoms with Crippen molar-refractivity contribution in [3.8, 4) is 0 Å². The summed E-state index contributed by atoms with van der Waals surface area (Å²) in [6, 6.07) is 0. The van der Waals surface area contributed by atoms with E-state index in [9.17, 15) is 29.7 Å². The van der Waals surface area contributed by atoms with Crippen LogP contribution in [0.4, 0.5) is 0 Å². The van der Waals surface area contributed by atoms with Gasteiger partial charge in [-0.05, 0) is 57.8 Å². The van der Waals surface area contributed by atoms with E-state index in [0.29, 0.717) is 38.5 Å². The Bertz CT molecular complexity index is 498. The molecular weight excluding hydrogens is 597 g/mol. The molecule has 6 nitrogen and oxygen atoms in total. The average Bonchev–Trinajstić information content (AvgIpc) is 2.87. The van der Waals surface area contributed by atoms with Crippen LogP contribution in [0.1, 0.15) is 159 Å². The van der Waals surface area contributed by atoms with Gasteiger partial charge in [0, 0.05) is 34.2 Å². The Morgan fingerprint density at radius 3 is 0.676 bits per heavy atom. The summed E-state index contributed by atoms with van der Waals surface area (Å²) in [5.41, 5.74) is -1.68. The first kappa shape index (κ1) is 43.8. The van der Waals surface area contributed by atoms with Crippen molar-refractivity contribution in [2.75, 3.05) is 0 Å². The van der Waals surface area contributed by atoms with E-state index in [2.05, 4.69) is 20.8 Å². The molecule has 0 radical (unpaired) electrons. The third kappa shape index (κ3) is 15.8. The van der Waals surface area contributed by atoms with Crippen LogP contribution < -0.4 is 15.3 Å². The van der Waals surface area contributed by atoms with Crippen LogP contribution in [0.2, 0.25) is 0 Å². The van der Waals surface area contributed by atoms with Crippen molar-refractivity contribution in [2.45, 2.75) is 159 Å². The minimum Gasteiger partial charge on any atom is -0.550 e. The van der Waals surface area contributed by atoms with Crippen LogP contribution in [-0.4, -0.2) is 17.9 Å². The maximum atomic E-state index is 10.9. The number of unbranched alkanes of at least 4 members (excludes halogenated alkanes) is 3. The number of aliphatic carboxylic acids is 3. The van der Waals surface area contributed by atoms with E-state index in [1.54, 1.807) is 0 Å². The van der Waals surface area contributed by atoms with Gasteiger partial charge in [-0.15, -0.1) is 0 Å². The summed E-state index contributed by atoms with van der Waals surface area (Å²) in [6.07, 6.45) is 12.5. The van der Waals surface area contributed by atoms with Crippen molar-refractivity contribution in [2.24, 2.45) is 16.2 Å². The Hall–Kier alpha value is -0.226. The summed E-state index contributed by atoms with van der Waals surface area (Å²) >= 11 is 0. The Balaban J connectivity index is -0.000000218. The van der Waals surface area contributed by atoms with Crippen molar-refractivity contribution >= 4 is 17.9 Å². The van der Waals surface area contributed by atoms with Gasteiger partial charge in [0.25, 0.3) is 0 Å². The van der Waals surface area contributed by atoms with Gasteiger partial charge >= 0.3 is 41.3 Å². The summed E-state index contributed by atoms with van der Waals surface area (Å²) in [5.74, 6) is -2.62. The first-order chi connectivity index (χ1) is 16.9. The van der Waals surface area contributed by atoms with Gasteiger partial charge in [0.2, 0.25) is 0 Å². The van der Waals surface area contributed by atoms with Crippen molar-refractivity contribution in [1.29, 1.82) is 0 Å². The van der Waals surface area contributed by atoms with Crippen LogP contribution in [0.3, 0.4) is 0 Å². The SMILES string of the molecule is CCCCC(CC)(CC)C(=O)[O-].CCCCC(CC)(CC)C(=O)[O-].CCCCC(CC)(CC)C(=O)[O-].[Pr+3]. The summed E-state index contributed by atoms with van der Waals surface area (Å²) in [4.78, 5) is 32.6. The number of hydrogen-bond donors (Lipinski definition) is 0. The molecule has 0 aromatic heterocycles. The standard InChI is InChI=1S/3C10H20O2.Pr/c3*1-4-7-8-10(5-2,6-3)9(11)12;/h3*4-8H2,1-3H3,(H,11,12);/q;;;+3/p-3. The van der Waals surface area contributed by atoms with E-state index in [4.69, 9.17) is 0 Å². The summed E-state index contributed by atoms with van der Waals surface area (Å²) < 4.78 is 0. The van der Waals surface area contributed by atoms with Gasteiger partial charge in [-0.25, -0.2) is 0 Å². The first-order valence-electron chi connectivity index (χ1n) is 14.5. The molecule has 0 rings (SSSR count). The fraction of sp³-hybridized carbons (Fsp3) is 0.900. The second-order valence-corrected chi connectivity index (χ2v) is 10.1. The van der Waals surface area contributed by atoms with Crippen molar-refractivity contribution in [3.63, 3.8) is 0 Å². The molecule has 0 aliphatic rings. The smallest absolute Gasteiger partial charge is 0.550 e. The fourth-order valence-corrected chi connectivity index (χ4v) is 4.53. The zero-order chi connectivity index (χ0) is 28.8. The van der Waals surface area contributed by atoms with Crippen LogP contribution in [0.25, 0.3) is 0 Å². The van der Waals surface area contributed by atoms with Gasteiger partial charge in [0.15, 0.2) is 0 Å². The summed E-state index contributed by atoms with van der Waals surface area (Å²) in [6.45, 7) is 17.8. The molecule has 0 aromatic carbocycles. The molecule has 0 saturated heterocycles. The third-order valence-corrected chi connectivity index (χ3v) is 8.39. The van der Waals surface area contributed by atoms with Gasteiger partial charge < -0.3 is 29.7 Å². The number of carboxylic acids is 3. The third-order valence-electron chi connectivity index (χ3n) is 8.39. The van der Waals surface area contributed by atoms with Gasteiger partial charge in [-0.1, -0.05) is 101 Å². The van der Waals surface area contributed by atoms with Gasteiger partial charge in [0.1, 0.15) is 0 Å². The Morgan fingerprint density at radius 2 is 0.595 bits per heavy atom. The molecule has 0 heterocycles. The van der Waals surface area contributed by atoms with E-state index in [-0.39, 0.29) is 41.3 Å². The normalized spacial score (nSPS) is 11.3. The number of carbonyl (C=O) groups is 3. The summed E-state index contributed by atoms with van der Waals surface area (Å²) in [5, 5.41) is 32.6. The Kier molecular flexibility index (Phi) is 29.4. The van der Waals surface area contributed by atoms with E-state index in [1.807, 2.05) is 41.5 Å². The fourth-order valence-electron chi connectivity index (χ4n) is 4.53. The number of hydrogen-bond acceptors (Lipinski definition) is 6. The molecule has 7 heteroatoms. The number of carboxylic acid groups (broad SMARTS) is 3. The molecule has 0 saturated carbocycles. The predicted molar refractivity (Wildman–Crippen MR) is 143 cm³/mol. The molecule has 0 unspecified atom stereocenters. The van der Waals surface area contributed by atoms with E-state index < -0.39 is 34.2 Å². The van der Waals surface area contributed by atoms with Crippen molar-refractivity contribution in [3.05, 3.63) is 0 Å². The first-order valence-corrected chi connectivity index (χ1v) is 14.5. The van der Waals surface area contributed by atoms with Gasteiger partial charge in [-0.3, -0.25) is 0 Å². The average molecular weight is 655 g/mol. The predicted octanol–water partition coefficient (Wildman–Crippen LogP) is 5.20. The molecule has 0 amide bonds. The quantitative estimate of drug-likeness (QED) is 0.201. The van der Waals surface area contributed by atoms with Crippen molar-refractivity contribution in [1.82, 2.24) is 0 Å². The van der Waals surface area contributed by atoms with Gasteiger partial charge in [-0.2, -0.15) is 0 Å². The topological polar surface area (TPSA) is 120 Å². The van der Waals surface area contributed by atoms with E-state index >= 15 is 0 Å². The molecule has 216 valence electrons. The second kappa shape index (κ2) is 24.8. The Labute approximate surface area is 262 Å². The monoisotopic (exact) mass is 654 g/mol. The van der Waals surface area contributed by atoms with Crippen LogP contribution in [0.15, 0.2) is 0 Å². The molecule has 0 aliphatic carbocycles. The number of carbonyl (C=O) groups excluding carboxylic acids is 3. The molecule has 0 aliphatic heterocycles. The van der Waals surface area contributed by atoms with Crippen LogP contribution in [-0.2, 0) is 14.4 Å². The molecule has 0 aromatic rings. The second-order valence-electron chi connectivity index (χ2n) is 10.1. The maximum Gasteiger partial charge on any atom is 3.00 e. The zero-order valence-corrected chi connectivity index (χ0v) is 29.3. The molecule has 0 N–H and O–H groups in total. The molecule has 37 heavy (non-hydrogen) atoms. The molecular formula is C30H57O6Pr. The molecule has 0 fully saturated rings. The van der Waals surface area contributed by atoms with Crippen molar-refractivity contribution < 1.29 is 71.0 Å². The van der Waals surface area contributed by atoms with Crippen LogP contribution >= 0.6 is 0 Å². The van der Waals surface area contributed by atoms with E-state index in [0.717, 1.165) is 57.8 Å². The van der Waals surface area contributed by atoms with Crippen LogP contribution in [0.5, 0.6) is 0 Å². The zero-order valence-electron chi connectivity index (χ0n) is 25.6. The van der Waals surface area contributed by atoms with E-state index in [1.165, 1.54) is 0 Å². The molecule has 0 atom stereocenters. The van der Waals surface area contributed by atoms with Gasteiger partial charge in [0.05, 0.1) is 0 Å². The molecule has 0 spiro atoms. The Morgan fingerprint density at radius 1 is 0.432 bits per heavy atom. The number of rotatable bonds is 18. The molecule has 0 bridgehead atoms. The van der Waals surface area contributed by atoms with Crippen LogP contribution in [0, 0.1) is 57.5 Å².